The number of rotatable bonds is 7. The van der Waals surface area contributed by atoms with E-state index in [1.54, 1.807) is 0 Å². The van der Waals surface area contributed by atoms with Gasteiger partial charge in [0.05, 0.1) is 12.5 Å². The average molecular weight is 275 g/mol. The molecular weight excluding hydrogens is 250 g/mol. The van der Waals surface area contributed by atoms with Crippen LogP contribution in [-0.4, -0.2) is 30.1 Å². The van der Waals surface area contributed by atoms with Gasteiger partial charge in [0.15, 0.2) is 0 Å². The van der Waals surface area contributed by atoms with Crippen LogP contribution in [0.2, 0.25) is 0 Å². The van der Waals surface area contributed by atoms with Crippen LogP contribution in [0.4, 0.5) is 11.6 Å². The molecule has 1 aromatic rings. The van der Waals surface area contributed by atoms with Gasteiger partial charge in [-0.25, -0.2) is 9.97 Å². The third kappa shape index (κ3) is 4.09. The first kappa shape index (κ1) is 16.2. The minimum absolute atomic E-state index is 0.506. The molecule has 0 aliphatic heterocycles. The van der Waals surface area contributed by atoms with Gasteiger partial charge in [-0.1, -0.05) is 20.8 Å². The van der Waals surface area contributed by atoms with Crippen LogP contribution in [0.15, 0.2) is 0 Å². The van der Waals surface area contributed by atoms with Gasteiger partial charge in [-0.3, -0.25) is 0 Å². The summed E-state index contributed by atoms with van der Waals surface area (Å²) in [7, 11) is 1.88. The summed E-state index contributed by atoms with van der Waals surface area (Å²) in [6.07, 6.45) is 1.31. The average Bonchev–Trinajstić information content (AvgIpc) is 2.43. The van der Waals surface area contributed by atoms with Crippen molar-refractivity contribution >= 4 is 11.6 Å². The fourth-order valence-electron chi connectivity index (χ4n) is 2.17. The lowest BCUT2D eigenvalue weighted by molar-refractivity contribution is 0.605. The lowest BCUT2D eigenvalue weighted by atomic mass is 10.2. The third-order valence-corrected chi connectivity index (χ3v) is 3.10. The number of nitriles is 1. The molecule has 0 radical (unpaired) electrons. The Kier molecular flexibility index (Phi) is 6.23. The van der Waals surface area contributed by atoms with Crippen molar-refractivity contribution < 1.29 is 0 Å². The Morgan fingerprint density at radius 1 is 1.35 bits per heavy atom. The van der Waals surface area contributed by atoms with E-state index < -0.39 is 0 Å². The van der Waals surface area contributed by atoms with E-state index in [1.807, 2.05) is 14.0 Å². The number of anilines is 2. The van der Waals surface area contributed by atoms with Gasteiger partial charge < -0.3 is 10.2 Å². The van der Waals surface area contributed by atoms with Gasteiger partial charge in [0.2, 0.25) is 0 Å². The van der Waals surface area contributed by atoms with E-state index in [1.165, 1.54) is 0 Å². The highest BCUT2D eigenvalue weighted by Gasteiger charge is 2.16. The van der Waals surface area contributed by atoms with Gasteiger partial charge in [-0.2, -0.15) is 5.26 Å². The summed E-state index contributed by atoms with van der Waals surface area (Å²) in [4.78, 5) is 11.4. The van der Waals surface area contributed by atoms with Crippen molar-refractivity contribution in [1.82, 2.24) is 9.97 Å². The molecule has 110 valence electrons. The Hall–Kier alpha value is -1.83. The minimum Gasteiger partial charge on any atom is -0.373 e. The highest BCUT2D eigenvalue weighted by Crippen LogP contribution is 2.24. The maximum atomic E-state index is 8.85. The lowest BCUT2D eigenvalue weighted by Gasteiger charge is -2.27. The van der Waals surface area contributed by atoms with Crippen LogP contribution in [0.25, 0.3) is 0 Å². The molecule has 5 heteroatoms. The lowest BCUT2D eigenvalue weighted by Crippen LogP contribution is -2.30. The van der Waals surface area contributed by atoms with Crippen LogP contribution in [0, 0.1) is 24.2 Å². The molecule has 1 rings (SSSR count). The van der Waals surface area contributed by atoms with Crippen LogP contribution in [-0.2, 0) is 6.42 Å². The molecule has 20 heavy (non-hydrogen) atoms. The van der Waals surface area contributed by atoms with Gasteiger partial charge in [0, 0.05) is 32.1 Å². The summed E-state index contributed by atoms with van der Waals surface area (Å²) < 4.78 is 0. The summed E-state index contributed by atoms with van der Waals surface area (Å²) in [5.74, 6) is 3.18. The summed E-state index contributed by atoms with van der Waals surface area (Å²) >= 11 is 0. The maximum Gasteiger partial charge on any atom is 0.137 e. The number of hydrogen-bond acceptors (Lipinski definition) is 5. The molecule has 1 aromatic heterocycles. The second kappa shape index (κ2) is 7.68. The van der Waals surface area contributed by atoms with Crippen LogP contribution in [0.3, 0.4) is 0 Å². The van der Waals surface area contributed by atoms with E-state index in [0.717, 1.165) is 36.0 Å². The minimum atomic E-state index is 0.506. The largest absolute Gasteiger partial charge is 0.373 e. The zero-order chi connectivity index (χ0) is 15.1. The number of nitrogens with zero attached hydrogens (tertiary/aromatic N) is 4. The molecule has 0 saturated heterocycles. The molecule has 0 fully saturated rings. The maximum absolute atomic E-state index is 8.85. The second-order valence-corrected chi connectivity index (χ2v) is 5.29. The normalized spacial score (nSPS) is 10.4. The highest BCUT2D eigenvalue weighted by molar-refractivity contribution is 5.58. The van der Waals surface area contributed by atoms with Crippen LogP contribution in [0.1, 0.15) is 38.6 Å². The van der Waals surface area contributed by atoms with E-state index in [0.29, 0.717) is 18.9 Å². The fraction of sp³-hybridized carbons (Fsp3) is 0.667. The summed E-state index contributed by atoms with van der Waals surface area (Å²) in [6.45, 7) is 10.0. The SMILES string of the molecule is CCc1nc(NC)c(C)c(N(CCC#N)CC(C)C)n1. The van der Waals surface area contributed by atoms with Crippen molar-refractivity contribution in [3.63, 3.8) is 0 Å². The van der Waals surface area contributed by atoms with Crippen LogP contribution in [0.5, 0.6) is 0 Å². The first-order valence-corrected chi connectivity index (χ1v) is 7.20. The first-order valence-electron chi connectivity index (χ1n) is 7.20. The molecule has 0 atom stereocenters. The molecule has 0 aromatic carbocycles. The Balaban J connectivity index is 3.19. The topological polar surface area (TPSA) is 64.8 Å². The molecule has 0 amide bonds. The summed E-state index contributed by atoms with van der Waals surface area (Å²) in [5.41, 5.74) is 1.04. The van der Waals surface area contributed by atoms with Gasteiger partial charge in [-0.05, 0) is 12.8 Å². The van der Waals surface area contributed by atoms with Gasteiger partial charge in [0.25, 0.3) is 0 Å². The molecule has 0 aliphatic rings. The van der Waals surface area contributed by atoms with Gasteiger partial charge >= 0.3 is 0 Å². The van der Waals surface area contributed by atoms with E-state index in [-0.39, 0.29) is 0 Å². The van der Waals surface area contributed by atoms with Crippen molar-refractivity contribution in [2.75, 3.05) is 30.4 Å². The highest BCUT2D eigenvalue weighted by atomic mass is 15.2. The van der Waals surface area contributed by atoms with Crippen LogP contribution < -0.4 is 10.2 Å². The van der Waals surface area contributed by atoms with Gasteiger partial charge in [0.1, 0.15) is 17.5 Å². The van der Waals surface area contributed by atoms with Crippen molar-refractivity contribution in [2.45, 2.75) is 40.5 Å². The molecule has 0 unspecified atom stereocenters. The molecule has 0 aliphatic carbocycles. The molecule has 1 N–H and O–H groups in total. The van der Waals surface area contributed by atoms with Gasteiger partial charge in [-0.15, -0.1) is 0 Å². The Morgan fingerprint density at radius 2 is 2.05 bits per heavy atom. The Labute approximate surface area is 122 Å². The number of hydrogen-bond donors (Lipinski definition) is 1. The monoisotopic (exact) mass is 275 g/mol. The molecule has 0 bridgehead atoms. The van der Waals surface area contributed by atoms with Crippen molar-refractivity contribution in [2.24, 2.45) is 5.92 Å². The van der Waals surface area contributed by atoms with E-state index in [4.69, 9.17) is 5.26 Å². The van der Waals surface area contributed by atoms with Crippen molar-refractivity contribution in [3.05, 3.63) is 11.4 Å². The summed E-state index contributed by atoms with van der Waals surface area (Å²) in [6, 6.07) is 2.22. The number of aryl methyl sites for hydroxylation is 1. The summed E-state index contributed by atoms with van der Waals surface area (Å²) in [5, 5.41) is 12.0. The predicted octanol–water partition coefficient (Wildman–Crippen LogP) is 2.77. The Bertz CT molecular complexity index is 476. The predicted molar refractivity (Wildman–Crippen MR) is 83.0 cm³/mol. The zero-order valence-electron chi connectivity index (χ0n) is 13.2. The van der Waals surface area contributed by atoms with Crippen molar-refractivity contribution in [1.29, 1.82) is 5.26 Å². The standard InChI is InChI=1S/C15H25N5/c1-6-13-18-14(17-5)12(4)15(19-13)20(9-7-8-16)10-11(2)3/h11H,6-7,9-10H2,1-5H3,(H,17,18,19). The van der Waals surface area contributed by atoms with E-state index >= 15 is 0 Å². The quantitative estimate of drug-likeness (QED) is 0.829. The fourth-order valence-corrected chi connectivity index (χ4v) is 2.17. The number of aromatic nitrogens is 2. The molecule has 0 saturated carbocycles. The molecule has 1 heterocycles. The smallest absolute Gasteiger partial charge is 0.137 e. The van der Waals surface area contributed by atoms with Crippen LogP contribution >= 0.6 is 0 Å². The zero-order valence-corrected chi connectivity index (χ0v) is 13.2. The molecule has 0 spiro atoms. The Morgan fingerprint density at radius 3 is 2.55 bits per heavy atom. The third-order valence-electron chi connectivity index (χ3n) is 3.10. The molecule has 5 nitrogen and oxygen atoms in total. The second-order valence-electron chi connectivity index (χ2n) is 5.29. The molecular formula is C15H25N5. The first-order chi connectivity index (χ1) is 9.53. The van der Waals surface area contributed by atoms with Crippen molar-refractivity contribution in [3.8, 4) is 6.07 Å². The number of nitrogens with one attached hydrogen (secondary N) is 1. The van der Waals surface area contributed by atoms with E-state index in [2.05, 4.69) is 47.0 Å². The van der Waals surface area contributed by atoms with E-state index in [9.17, 15) is 0 Å².